The highest BCUT2D eigenvalue weighted by Crippen LogP contribution is 2.25. The van der Waals surface area contributed by atoms with Crippen molar-refractivity contribution in [3.63, 3.8) is 0 Å². The number of nitrogens with zero attached hydrogens (tertiary/aromatic N) is 1. The van der Waals surface area contributed by atoms with Crippen molar-refractivity contribution in [3.8, 4) is 5.75 Å². The molecule has 0 saturated carbocycles. The van der Waals surface area contributed by atoms with E-state index >= 15 is 0 Å². The number of halogens is 1. The van der Waals surface area contributed by atoms with Crippen molar-refractivity contribution in [3.05, 3.63) is 57.5 Å². The Kier molecular flexibility index (Phi) is 4.69. The third kappa shape index (κ3) is 3.33. The van der Waals surface area contributed by atoms with E-state index in [1.807, 2.05) is 31.3 Å². The standard InChI is InChI=1S/C15H17ClN2O2/c1-3-18-10-12(5-7-15(18)19)17-9-11-4-6-14(20-2)13(16)8-11/h4-8,10,17H,3,9H2,1-2H3. The Hall–Kier alpha value is -1.94. The lowest BCUT2D eigenvalue weighted by Crippen LogP contribution is -2.17. The molecule has 0 aliphatic rings. The molecular weight excluding hydrogens is 276 g/mol. The van der Waals surface area contributed by atoms with Gasteiger partial charge in [-0.3, -0.25) is 4.79 Å². The molecule has 5 heteroatoms. The molecule has 2 rings (SSSR count). The fraction of sp³-hybridized carbons (Fsp3) is 0.267. The highest BCUT2D eigenvalue weighted by atomic mass is 35.5. The van der Waals surface area contributed by atoms with Crippen LogP contribution in [0.1, 0.15) is 12.5 Å². The number of hydrogen-bond acceptors (Lipinski definition) is 3. The SMILES string of the molecule is CCn1cc(NCc2ccc(OC)c(Cl)c2)ccc1=O. The average molecular weight is 293 g/mol. The molecule has 4 nitrogen and oxygen atoms in total. The third-order valence-corrected chi connectivity index (χ3v) is 3.33. The van der Waals surface area contributed by atoms with Crippen LogP contribution in [0.5, 0.6) is 5.75 Å². The molecule has 1 N–H and O–H groups in total. The summed E-state index contributed by atoms with van der Waals surface area (Å²) in [4.78, 5) is 11.5. The largest absolute Gasteiger partial charge is 0.495 e. The molecule has 1 aromatic heterocycles. The number of methoxy groups -OCH3 is 1. The van der Waals surface area contributed by atoms with Crippen molar-refractivity contribution in [2.75, 3.05) is 12.4 Å². The maximum atomic E-state index is 11.5. The minimum atomic E-state index is 0.00513. The molecule has 0 radical (unpaired) electrons. The van der Waals surface area contributed by atoms with Crippen LogP contribution in [0.3, 0.4) is 0 Å². The van der Waals surface area contributed by atoms with Crippen LogP contribution < -0.4 is 15.6 Å². The van der Waals surface area contributed by atoms with Crippen LogP contribution in [-0.4, -0.2) is 11.7 Å². The minimum absolute atomic E-state index is 0.00513. The summed E-state index contributed by atoms with van der Waals surface area (Å²) in [6.45, 7) is 3.22. The van der Waals surface area contributed by atoms with Gasteiger partial charge in [0.2, 0.25) is 0 Å². The minimum Gasteiger partial charge on any atom is -0.495 e. The maximum Gasteiger partial charge on any atom is 0.250 e. The number of aryl methyl sites for hydroxylation is 1. The van der Waals surface area contributed by atoms with Gasteiger partial charge >= 0.3 is 0 Å². The third-order valence-electron chi connectivity index (χ3n) is 3.04. The Morgan fingerprint density at radius 1 is 1.30 bits per heavy atom. The van der Waals surface area contributed by atoms with Gasteiger partial charge in [-0.25, -0.2) is 0 Å². The van der Waals surface area contributed by atoms with E-state index < -0.39 is 0 Å². The maximum absolute atomic E-state index is 11.5. The normalized spacial score (nSPS) is 10.3. The molecule has 0 fully saturated rings. The van der Waals surface area contributed by atoms with Crippen molar-refractivity contribution >= 4 is 17.3 Å². The second-order valence-electron chi connectivity index (χ2n) is 4.36. The summed E-state index contributed by atoms with van der Waals surface area (Å²) in [5.74, 6) is 0.662. The van der Waals surface area contributed by atoms with Crippen molar-refractivity contribution in [2.24, 2.45) is 0 Å². The Morgan fingerprint density at radius 2 is 2.10 bits per heavy atom. The second-order valence-corrected chi connectivity index (χ2v) is 4.77. The van der Waals surface area contributed by atoms with Gasteiger partial charge in [-0.15, -0.1) is 0 Å². The smallest absolute Gasteiger partial charge is 0.250 e. The topological polar surface area (TPSA) is 43.3 Å². The molecule has 0 saturated heterocycles. The molecule has 2 aromatic rings. The Balaban J connectivity index is 2.08. The number of benzene rings is 1. The van der Waals surface area contributed by atoms with Crippen molar-refractivity contribution in [2.45, 2.75) is 20.0 Å². The number of hydrogen-bond donors (Lipinski definition) is 1. The summed E-state index contributed by atoms with van der Waals surface area (Å²) < 4.78 is 6.77. The van der Waals surface area contributed by atoms with E-state index in [1.165, 1.54) is 0 Å². The molecule has 20 heavy (non-hydrogen) atoms. The predicted octanol–water partition coefficient (Wildman–Crippen LogP) is 3.14. The predicted molar refractivity (Wildman–Crippen MR) is 81.7 cm³/mol. The summed E-state index contributed by atoms with van der Waals surface area (Å²) in [5.41, 5.74) is 1.95. The zero-order chi connectivity index (χ0) is 14.5. The van der Waals surface area contributed by atoms with E-state index in [0.717, 1.165) is 11.3 Å². The van der Waals surface area contributed by atoms with E-state index in [1.54, 1.807) is 23.8 Å². The summed E-state index contributed by atoms with van der Waals surface area (Å²) in [6, 6.07) is 9.00. The van der Waals surface area contributed by atoms with Crippen LogP contribution in [0.15, 0.2) is 41.3 Å². The first-order valence-corrected chi connectivity index (χ1v) is 6.78. The van der Waals surface area contributed by atoms with Gasteiger partial charge in [-0.1, -0.05) is 17.7 Å². The van der Waals surface area contributed by atoms with Gasteiger partial charge in [0.05, 0.1) is 17.8 Å². The Morgan fingerprint density at radius 3 is 2.75 bits per heavy atom. The lowest BCUT2D eigenvalue weighted by Gasteiger charge is -2.10. The van der Waals surface area contributed by atoms with Crippen LogP contribution in [-0.2, 0) is 13.1 Å². The van der Waals surface area contributed by atoms with Gasteiger partial charge in [-0.05, 0) is 30.7 Å². The van der Waals surface area contributed by atoms with Crippen LogP contribution in [0.25, 0.3) is 0 Å². The zero-order valence-corrected chi connectivity index (χ0v) is 12.3. The Bertz CT molecular complexity index is 653. The summed E-state index contributed by atoms with van der Waals surface area (Å²) in [5, 5.41) is 3.86. The summed E-state index contributed by atoms with van der Waals surface area (Å²) >= 11 is 6.08. The molecule has 0 amide bonds. The van der Waals surface area contributed by atoms with Gasteiger partial charge in [0.25, 0.3) is 5.56 Å². The lowest BCUT2D eigenvalue weighted by molar-refractivity contribution is 0.415. The van der Waals surface area contributed by atoms with Crippen molar-refractivity contribution < 1.29 is 4.74 Å². The van der Waals surface area contributed by atoms with Gasteiger partial charge in [0.15, 0.2) is 0 Å². The van der Waals surface area contributed by atoms with Gasteiger partial charge in [0.1, 0.15) is 5.75 Å². The van der Waals surface area contributed by atoms with E-state index in [0.29, 0.717) is 23.9 Å². The zero-order valence-electron chi connectivity index (χ0n) is 11.5. The first kappa shape index (κ1) is 14.5. The Labute approximate surface area is 123 Å². The molecule has 0 aliphatic heterocycles. The molecule has 1 aromatic carbocycles. The number of rotatable bonds is 5. The molecular formula is C15H17ClN2O2. The quantitative estimate of drug-likeness (QED) is 0.920. The molecule has 0 spiro atoms. The first-order chi connectivity index (χ1) is 9.63. The van der Waals surface area contributed by atoms with Crippen LogP contribution in [0, 0.1) is 0 Å². The fourth-order valence-corrected chi connectivity index (χ4v) is 2.19. The number of pyridine rings is 1. The number of nitrogens with one attached hydrogen (secondary N) is 1. The van der Waals surface area contributed by atoms with E-state index in [2.05, 4.69) is 5.32 Å². The van der Waals surface area contributed by atoms with Gasteiger partial charge in [-0.2, -0.15) is 0 Å². The summed E-state index contributed by atoms with van der Waals surface area (Å²) in [7, 11) is 1.59. The molecule has 0 unspecified atom stereocenters. The van der Waals surface area contributed by atoms with E-state index in [-0.39, 0.29) is 5.56 Å². The molecule has 1 heterocycles. The molecule has 0 bridgehead atoms. The van der Waals surface area contributed by atoms with Crippen LogP contribution in [0.2, 0.25) is 5.02 Å². The van der Waals surface area contributed by atoms with Crippen LogP contribution in [0.4, 0.5) is 5.69 Å². The lowest BCUT2D eigenvalue weighted by atomic mass is 10.2. The second kappa shape index (κ2) is 6.48. The van der Waals surface area contributed by atoms with E-state index in [4.69, 9.17) is 16.3 Å². The van der Waals surface area contributed by atoms with E-state index in [9.17, 15) is 4.79 Å². The fourth-order valence-electron chi connectivity index (χ4n) is 1.91. The van der Waals surface area contributed by atoms with Gasteiger partial charge in [0, 0.05) is 25.4 Å². The summed E-state index contributed by atoms with van der Waals surface area (Å²) in [6.07, 6.45) is 1.81. The highest BCUT2D eigenvalue weighted by Gasteiger charge is 2.02. The van der Waals surface area contributed by atoms with Crippen molar-refractivity contribution in [1.29, 1.82) is 0 Å². The number of anilines is 1. The van der Waals surface area contributed by atoms with Gasteiger partial charge < -0.3 is 14.6 Å². The molecule has 0 aliphatic carbocycles. The van der Waals surface area contributed by atoms with Crippen LogP contribution >= 0.6 is 11.6 Å². The number of ether oxygens (including phenoxy) is 1. The number of aromatic nitrogens is 1. The van der Waals surface area contributed by atoms with Crippen molar-refractivity contribution in [1.82, 2.24) is 4.57 Å². The average Bonchev–Trinajstić information content (AvgIpc) is 2.46. The highest BCUT2D eigenvalue weighted by molar-refractivity contribution is 6.32. The molecule has 0 atom stereocenters. The first-order valence-electron chi connectivity index (χ1n) is 6.41. The monoisotopic (exact) mass is 292 g/mol. The molecule has 106 valence electrons.